The van der Waals surface area contributed by atoms with Gasteiger partial charge in [-0.2, -0.15) is 5.10 Å². The minimum atomic E-state index is 0.138. The van der Waals surface area contributed by atoms with Crippen molar-refractivity contribution in [3.63, 3.8) is 0 Å². The van der Waals surface area contributed by atoms with Crippen molar-refractivity contribution in [2.24, 2.45) is 11.3 Å². The van der Waals surface area contributed by atoms with E-state index in [0.717, 1.165) is 51.9 Å². The Labute approximate surface area is 125 Å². The van der Waals surface area contributed by atoms with Gasteiger partial charge in [-0.25, -0.2) is 0 Å². The Morgan fingerprint density at radius 3 is 3.14 bits per heavy atom. The number of carbonyl (C=O) groups excluding carboxylic acids is 1. The molecule has 0 aromatic carbocycles. The minimum Gasteiger partial charge on any atom is -0.385 e. The first-order chi connectivity index (χ1) is 10.2. The van der Waals surface area contributed by atoms with Crippen molar-refractivity contribution in [2.75, 3.05) is 32.1 Å². The van der Waals surface area contributed by atoms with Crippen LogP contribution in [0.1, 0.15) is 25.7 Å². The van der Waals surface area contributed by atoms with Crippen LogP contribution in [-0.4, -0.2) is 42.5 Å². The zero-order chi connectivity index (χ0) is 14.7. The van der Waals surface area contributed by atoms with Gasteiger partial charge >= 0.3 is 0 Å². The predicted molar refractivity (Wildman–Crippen MR) is 80.0 cm³/mol. The average Bonchev–Trinajstić information content (AvgIpc) is 2.99. The first kappa shape index (κ1) is 14.5. The SMILES string of the molecule is COCCCn1ccc(NC(=O)C2CC23CCNCC3)n1. The summed E-state index contributed by atoms with van der Waals surface area (Å²) in [7, 11) is 1.70. The summed E-state index contributed by atoms with van der Waals surface area (Å²) < 4.78 is 6.87. The zero-order valence-corrected chi connectivity index (χ0v) is 12.6. The fraction of sp³-hybridized carbons (Fsp3) is 0.733. The molecule has 2 N–H and O–H groups in total. The summed E-state index contributed by atoms with van der Waals surface area (Å²) in [6, 6.07) is 1.86. The molecular formula is C15H24N4O2. The number of aromatic nitrogens is 2. The molecule has 1 atom stereocenters. The maximum absolute atomic E-state index is 12.3. The smallest absolute Gasteiger partial charge is 0.229 e. The first-order valence-electron chi connectivity index (χ1n) is 7.77. The molecule has 2 aliphatic rings. The van der Waals surface area contributed by atoms with Gasteiger partial charge < -0.3 is 15.4 Å². The van der Waals surface area contributed by atoms with Gasteiger partial charge in [-0.3, -0.25) is 9.48 Å². The fourth-order valence-electron chi connectivity index (χ4n) is 3.33. The maximum Gasteiger partial charge on any atom is 0.229 e. The van der Waals surface area contributed by atoms with Crippen LogP contribution in [0.3, 0.4) is 0 Å². The molecule has 1 unspecified atom stereocenters. The normalized spacial score (nSPS) is 23.2. The van der Waals surface area contributed by atoms with Gasteiger partial charge in [0.05, 0.1) is 0 Å². The van der Waals surface area contributed by atoms with E-state index in [1.807, 2.05) is 16.9 Å². The molecule has 116 valence electrons. The topological polar surface area (TPSA) is 68.2 Å². The lowest BCUT2D eigenvalue weighted by Crippen LogP contribution is -2.31. The summed E-state index contributed by atoms with van der Waals surface area (Å²) in [5, 5.41) is 10.7. The van der Waals surface area contributed by atoms with E-state index in [4.69, 9.17) is 4.74 Å². The van der Waals surface area contributed by atoms with Gasteiger partial charge in [0, 0.05) is 38.4 Å². The molecule has 2 fully saturated rings. The van der Waals surface area contributed by atoms with E-state index in [2.05, 4.69) is 15.7 Å². The Hall–Kier alpha value is -1.40. The van der Waals surface area contributed by atoms with Crippen LogP contribution in [0.2, 0.25) is 0 Å². The number of hydrogen-bond acceptors (Lipinski definition) is 4. The van der Waals surface area contributed by atoms with E-state index in [-0.39, 0.29) is 17.2 Å². The van der Waals surface area contributed by atoms with Gasteiger partial charge in [0.1, 0.15) is 0 Å². The highest BCUT2D eigenvalue weighted by molar-refractivity contribution is 5.94. The summed E-state index contributed by atoms with van der Waals surface area (Å²) in [5.41, 5.74) is 0.274. The third-order valence-corrected chi connectivity index (χ3v) is 4.73. The summed E-state index contributed by atoms with van der Waals surface area (Å²) in [4.78, 5) is 12.3. The highest BCUT2D eigenvalue weighted by Gasteiger charge is 2.57. The second kappa shape index (κ2) is 6.15. The van der Waals surface area contributed by atoms with Gasteiger partial charge in [0.25, 0.3) is 0 Å². The van der Waals surface area contributed by atoms with Crippen molar-refractivity contribution in [3.8, 4) is 0 Å². The quantitative estimate of drug-likeness (QED) is 0.774. The van der Waals surface area contributed by atoms with Crippen LogP contribution in [0.15, 0.2) is 12.3 Å². The number of anilines is 1. The van der Waals surface area contributed by atoms with Crippen molar-refractivity contribution in [1.82, 2.24) is 15.1 Å². The van der Waals surface area contributed by atoms with E-state index in [0.29, 0.717) is 5.82 Å². The minimum absolute atomic E-state index is 0.138. The van der Waals surface area contributed by atoms with E-state index in [1.54, 1.807) is 7.11 Å². The second-order valence-electron chi connectivity index (χ2n) is 6.17. The van der Waals surface area contributed by atoms with Gasteiger partial charge in [-0.15, -0.1) is 0 Å². The molecule has 1 spiro atoms. The molecule has 1 aromatic heterocycles. The predicted octanol–water partition coefficient (Wildman–Crippen LogP) is 1.25. The molecule has 1 amide bonds. The molecule has 0 bridgehead atoms. The summed E-state index contributed by atoms with van der Waals surface area (Å²) in [6.45, 7) is 3.61. The molecule has 6 heteroatoms. The van der Waals surface area contributed by atoms with Crippen LogP contribution < -0.4 is 10.6 Å². The van der Waals surface area contributed by atoms with E-state index in [9.17, 15) is 4.79 Å². The molecule has 0 radical (unpaired) electrons. The standard InChI is InChI=1S/C15H24N4O2/c1-21-10-2-8-19-9-3-13(18-19)17-14(20)12-11-15(12)4-6-16-7-5-15/h3,9,12,16H,2,4-8,10-11H2,1H3,(H,17,18,20). The lowest BCUT2D eigenvalue weighted by atomic mass is 9.92. The molecule has 1 saturated heterocycles. The van der Waals surface area contributed by atoms with E-state index in [1.165, 1.54) is 0 Å². The van der Waals surface area contributed by atoms with Crippen molar-refractivity contribution in [3.05, 3.63) is 12.3 Å². The highest BCUT2D eigenvalue weighted by Crippen LogP contribution is 2.58. The number of piperidine rings is 1. The van der Waals surface area contributed by atoms with Crippen molar-refractivity contribution in [2.45, 2.75) is 32.2 Å². The van der Waals surface area contributed by atoms with Gasteiger partial charge in [0.15, 0.2) is 5.82 Å². The summed E-state index contributed by atoms with van der Waals surface area (Å²) in [6.07, 6.45) is 6.10. The van der Waals surface area contributed by atoms with Crippen LogP contribution in [-0.2, 0) is 16.1 Å². The largest absolute Gasteiger partial charge is 0.385 e. The van der Waals surface area contributed by atoms with Crippen LogP contribution in [0.25, 0.3) is 0 Å². The third kappa shape index (κ3) is 3.27. The summed E-state index contributed by atoms with van der Waals surface area (Å²) >= 11 is 0. The number of amides is 1. The lowest BCUT2D eigenvalue weighted by Gasteiger charge is -2.23. The number of hydrogen-bond donors (Lipinski definition) is 2. The molecule has 21 heavy (non-hydrogen) atoms. The number of rotatable bonds is 6. The number of aryl methyl sites for hydroxylation is 1. The molecule has 1 saturated carbocycles. The number of nitrogens with zero attached hydrogens (tertiary/aromatic N) is 2. The Balaban J connectivity index is 1.49. The van der Waals surface area contributed by atoms with Crippen LogP contribution in [0.5, 0.6) is 0 Å². The fourth-order valence-corrected chi connectivity index (χ4v) is 3.33. The van der Waals surface area contributed by atoms with Gasteiger partial charge in [0.2, 0.25) is 5.91 Å². The van der Waals surface area contributed by atoms with Crippen LogP contribution in [0, 0.1) is 11.3 Å². The zero-order valence-electron chi connectivity index (χ0n) is 12.6. The second-order valence-corrected chi connectivity index (χ2v) is 6.17. The molecule has 1 aromatic rings. The number of ether oxygens (including phenoxy) is 1. The molecule has 1 aliphatic heterocycles. The molecule has 6 nitrogen and oxygen atoms in total. The van der Waals surface area contributed by atoms with Crippen molar-refractivity contribution >= 4 is 11.7 Å². The number of carbonyl (C=O) groups is 1. The average molecular weight is 292 g/mol. The Morgan fingerprint density at radius 1 is 1.57 bits per heavy atom. The van der Waals surface area contributed by atoms with Crippen LogP contribution in [0.4, 0.5) is 5.82 Å². The Kier molecular flexibility index (Phi) is 4.26. The van der Waals surface area contributed by atoms with Gasteiger partial charge in [-0.1, -0.05) is 0 Å². The van der Waals surface area contributed by atoms with Crippen LogP contribution >= 0.6 is 0 Å². The Bertz CT molecular complexity index is 494. The molecule has 1 aliphatic carbocycles. The number of methoxy groups -OCH3 is 1. The lowest BCUT2D eigenvalue weighted by molar-refractivity contribution is -0.118. The van der Waals surface area contributed by atoms with Crippen molar-refractivity contribution in [1.29, 1.82) is 0 Å². The third-order valence-electron chi connectivity index (χ3n) is 4.73. The van der Waals surface area contributed by atoms with E-state index >= 15 is 0 Å². The maximum atomic E-state index is 12.3. The van der Waals surface area contributed by atoms with Crippen molar-refractivity contribution < 1.29 is 9.53 Å². The first-order valence-corrected chi connectivity index (χ1v) is 7.77. The summed E-state index contributed by atoms with van der Waals surface area (Å²) in [5.74, 6) is 0.977. The highest BCUT2D eigenvalue weighted by atomic mass is 16.5. The van der Waals surface area contributed by atoms with E-state index < -0.39 is 0 Å². The monoisotopic (exact) mass is 292 g/mol. The molecular weight excluding hydrogens is 268 g/mol. The molecule has 3 rings (SSSR count). The van der Waals surface area contributed by atoms with Gasteiger partial charge in [-0.05, 0) is 44.2 Å². The number of nitrogens with one attached hydrogen (secondary N) is 2. The Morgan fingerprint density at radius 2 is 2.38 bits per heavy atom. The molecule has 2 heterocycles.